The van der Waals surface area contributed by atoms with Gasteiger partial charge in [0.15, 0.2) is 0 Å². The number of aliphatic hydroxyl groups is 1. The first-order valence-corrected chi connectivity index (χ1v) is 12.2. The Labute approximate surface area is 197 Å². The minimum atomic E-state index is -3.80. The normalized spacial score (nSPS) is 20.8. The van der Waals surface area contributed by atoms with E-state index in [0.29, 0.717) is 10.0 Å². The van der Waals surface area contributed by atoms with Gasteiger partial charge in [0, 0.05) is 6.54 Å². The summed E-state index contributed by atoms with van der Waals surface area (Å²) in [5.74, 6) is -0.263. The van der Waals surface area contributed by atoms with Crippen molar-refractivity contribution in [2.24, 2.45) is 0 Å². The lowest BCUT2D eigenvalue weighted by Crippen LogP contribution is -2.49. The number of halogens is 2. The van der Waals surface area contributed by atoms with Crippen LogP contribution < -0.4 is 10.0 Å². The lowest BCUT2D eigenvalue weighted by Gasteiger charge is -2.31. The SMILES string of the molecule is Cc1ccc(S(=O)(=O)N[C@@H]2C=C[C@@H](CC(=O)NCc3ccc(Cl)c(Cl)c3)O[C@@H]2CO)cc1. The number of carbonyl (C=O) groups excluding carboxylic acids is 1. The molecule has 1 heterocycles. The van der Waals surface area contributed by atoms with Crippen LogP contribution in [-0.4, -0.2) is 44.3 Å². The molecule has 0 bridgehead atoms. The summed E-state index contributed by atoms with van der Waals surface area (Å²) in [6.45, 7) is 1.73. The number of aryl methyl sites for hydroxylation is 1. The van der Waals surface area contributed by atoms with Gasteiger partial charge in [-0.25, -0.2) is 13.1 Å². The summed E-state index contributed by atoms with van der Waals surface area (Å²) in [6, 6.07) is 10.8. The van der Waals surface area contributed by atoms with Crippen LogP contribution in [0.5, 0.6) is 0 Å². The molecule has 2 aromatic carbocycles. The molecule has 0 spiro atoms. The fraction of sp³-hybridized carbons (Fsp3) is 0.318. The van der Waals surface area contributed by atoms with Crippen molar-refractivity contribution in [2.75, 3.05) is 6.61 Å². The van der Waals surface area contributed by atoms with Crippen LogP contribution in [-0.2, 0) is 26.1 Å². The first kappa shape index (κ1) is 24.7. The summed E-state index contributed by atoms with van der Waals surface area (Å²) >= 11 is 11.9. The third kappa shape index (κ3) is 6.54. The van der Waals surface area contributed by atoms with E-state index in [4.69, 9.17) is 27.9 Å². The first-order valence-electron chi connectivity index (χ1n) is 9.92. The van der Waals surface area contributed by atoms with Gasteiger partial charge in [-0.2, -0.15) is 0 Å². The average Bonchev–Trinajstić information content (AvgIpc) is 2.75. The van der Waals surface area contributed by atoms with E-state index in [1.807, 2.05) is 6.92 Å². The second-order valence-electron chi connectivity index (χ2n) is 7.47. The fourth-order valence-corrected chi connectivity index (χ4v) is 4.72. The van der Waals surface area contributed by atoms with Gasteiger partial charge in [0.1, 0.15) is 6.10 Å². The van der Waals surface area contributed by atoms with Gasteiger partial charge >= 0.3 is 0 Å². The molecule has 0 saturated carbocycles. The quantitative estimate of drug-likeness (QED) is 0.485. The molecule has 0 saturated heterocycles. The predicted molar refractivity (Wildman–Crippen MR) is 123 cm³/mol. The van der Waals surface area contributed by atoms with Gasteiger partial charge in [-0.1, -0.05) is 59.1 Å². The Hall–Kier alpha value is -1.94. The molecule has 1 amide bonds. The Balaban J connectivity index is 1.57. The number of ether oxygens (including phenoxy) is 1. The number of nitrogens with one attached hydrogen (secondary N) is 2. The maximum Gasteiger partial charge on any atom is 0.241 e. The monoisotopic (exact) mass is 498 g/mol. The highest BCUT2D eigenvalue weighted by atomic mass is 35.5. The number of sulfonamides is 1. The van der Waals surface area contributed by atoms with E-state index in [0.717, 1.165) is 11.1 Å². The van der Waals surface area contributed by atoms with Crippen molar-refractivity contribution >= 4 is 39.1 Å². The molecule has 3 rings (SSSR count). The van der Waals surface area contributed by atoms with E-state index in [2.05, 4.69) is 10.0 Å². The van der Waals surface area contributed by atoms with Crippen molar-refractivity contribution in [3.05, 3.63) is 75.8 Å². The van der Waals surface area contributed by atoms with Crippen LogP contribution in [0, 0.1) is 6.92 Å². The Bertz CT molecular complexity index is 1090. The molecule has 7 nitrogen and oxygen atoms in total. The molecule has 2 aromatic rings. The summed E-state index contributed by atoms with van der Waals surface area (Å²) in [5, 5.41) is 13.3. The molecule has 3 atom stereocenters. The number of aliphatic hydroxyl groups excluding tert-OH is 1. The molecule has 172 valence electrons. The van der Waals surface area contributed by atoms with Crippen molar-refractivity contribution in [1.82, 2.24) is 10.0 Å². The zero-order valence-corrected chi connectivity index (χ0v) is 19.6. The molecule has 10 heteroatoms. The third-order valence-corrected chi connectivity index (χ3v) is 7.16. The average molecular weight is 499 g/mol. The molecule has 0 radical (unpaired) electrons. The lowest BCUT2D eigenvalue weighted by atomic mass is 10.1. The van der Waals surface area contributed by atoms with E-state index in [1.54, 1.807) is 42.5 Å². The minimum absolute atomic E-state index is 0.0196. The van der Waals surface area contributed by atoms with Crippen LogP contribution in [0.3, 0.4) is 0 Å². The van der Waals surface area contributed by atoms with Gasteiger partial charge in [-0.05, 0) is 36.8 Å². The standard InChI is InChI=1S/C22H24Cl2N2O5S/c1-14-2-6-17(7-3-14)32(29,30)26-20-9-5-16(31-21(20)13-27)11-22(28)25-12-15-4-8-18(23)19(24)10-15/h2-10,16,20-21,26-27H,11-13H2,1H3,(H,25,28)/t16-,20+,21+/m0/s1. The van der Waals surface area contributed by atoms with Gasteiger partial charge in [0.2, 0.25) is 15.9 Å². The van der Waals surface area contributed by atoms with E-state index in [1.165, 1.54) is 12.1 Å². The Morgan fingerprint density at radius 1 is 1.09 bits per heavy atom. The van der Waals surface area contributed by atoms with Crippen molar-refractivity contribution in [2.45, 2.75) is 43.0 Å². The van der Waals surface area contributed by atoms with Crippen molar-refractivity contribution in [1.29, 1.82) is 0 Å². The summed E-state index contributed by atoms with van der Waals surface area (Å²) in [5.41, 5.74) is 1.74. The molecule has 1 aliphatic heterocycles. The van der Waals surface area contributed by atoms with Gasteiger partial charge in [0.25, 0.3) is 0 Å². The third-order valence-electron chi connectivity index (χ3n) is 4.95. The van der Waals surface area contributed by atoms with E-state index in [9.17, 15) is 18.3 Å². The molecule has 32 heavy (non-hydrogen) atoms. The predicted octanol–water partition coefficient (Wildman–Crippen LogP) is 2.97. The lowest BCUT2D eigenvalue weighted by molar-refractivity contribution is -0.125. The van der Waals surface area contributed by atoms with E-state index < -0.39 is 34.9 Å². The highest BCUT2D eigenvalue weighted by molar-refractivity contribution is 7.89. The highest BCUT2D eigenvalue weighted by Crippen LogP contribution is 2.23. The Morgan fingerprint density at radius 3 is 2.47 bits per heavy atom. The number of hydrogen-bond acceptors (Lipinski definition) is 5. The van der Waals surface area contributed by atoms with Crippen LogP contribution >= 0.6 is 23.2 Å². The molecule has 0 aromatic heterocycles. The van der Waals surface area contributed by atoms with Gasteiger partial charge in [0.05, 0.1) is 40.1 Å². The van der Waals surface area contributed by atoms with Crippen LogP contribution in [0.25, 0.3) is 0 Å². The topological polar surface area (TPSA) is 105 Å². The van der Waals surface area contributed by atoms with Crippen molar-refractivity contribution in [3.8, 4) is 0 Å². The first-order chi connectivity index (χ1) is 15.2. The molecule has 1 aliphatic rings. The largest absolute Gasteiger partial charge is 0.394 e. The summed E-state index contributed by atoms with van der Waals surface area (Å²) in [4.78, 5) is 12.4. The second-order valence-corrected chi connectivity index (χ2v) is 10.00. The maximum absolute atomic E-state index is 12.6. The molecular weight excluding hydrogens is 475 g/mol. The summed E-state index contributed by atoms with van der Waals surface area (Å²) < 4.78 is 33.5. The van der Waals surface area contributed by atoms with Crippen molar-refractivity contribution < 1.29 is 23.1 Å². The molecule has 0 aliphatic carbocycles. The molecule has 3 N–H and O–H groups in total. The van der Waals surface area contributed by atoms with Gasteiger partial charge in [-0.15, -0.1) is 0 Å². The molecule has 0 unspecified atom stereocenters. The second kappa shape index (κ2) is 10.8. The zero-order valence-electron chi connectivity index (χ0n) is 17.3. The molecule has 0 fully saturated rings. The van der Waals surface area contributed by atoms with Crippen LogP contribution in [0.2, 0.25) is 10.0 Å². The van der Waals surface area contributed by atoms with E-state index >= 15 is 0 Å². The minimum Gasteiger partial charge on any atom is -0.394 e. The Morgan fingerprint density at radius 2 is 1.81 bits per heavy atom. The molecular formula is C22H24Cl2N2O5S. The number of rotatable bonds is 8. The van der Waals surface area contributed by atoms with Gasteiger partial charge in [-0.3, -0.25) is 4.79 Å². The van der Waals surface area contributed by atoms with Gasteiger partial charge < -0.3 is 15.2 Å². The van der Waals surface area contributed by atoms with Crippen molar-refractivity contribution in [3.63, 3.8) is 0 Å². The fourth-order valence-electron chi connectivity index (χ4n) is 3.18. The summed E-state index contributed by atoms with van der Waals surface area (Å²) in [7, 11) is -3.80. The number of hydrogen-bond donors (Lipinski definition) is 3. The summed E-state index contributed by atoms with van der Waals surface area (Å²) in [6.07, 6.45) is 1.82. The smallest absolute Gasteiger partial charge is 0.241 e. The zero-order chi connectivity index (χ0) is 23.3. The van der Waals surface area contributed by atoms with Crippen LogP contribution in [0.1, 0.15) is 17.5 Å². The highest BCUT2D eigenvalue weighted by Gasteiger charge is 2.31. The van der Waals surface area contributed by atoms with E-state index in [-0.39, 0.29) is 23.8 Å². The number of benzene rings is 2. The number of amides is 1. The van der Waals surface area contributed by atoms with Crippen LogP contribution in [0.4, 0.5) is 0 Å². The Kier molecular flexibility index (Phi) is 8.32. The maximum atomic E-state index is 12.6. The number of carbonyl (C=O) groups is 1. The van der Waals surface area contributed by atoms with Crippen LogP contribution in [0.15, 0.2) is 59.5 Å².